The third-order valence-electron chi connectivity index (χ3n) is 2.87. The Morgan fingerprint density at radius 1 is 1.06 bits per heavy atom. The minimum absolute atomic E-state index is 0.553. The molecule has 0 aromatic heterocycles. The van der Waals surface area contributed by atoms with Crippen LogP contribution in [0.15, 0.2) is 40.9 Å². The van der Waals surface area contributed by atoms with Gasteiger partial charge in [0.2, 0.25) is 0 Å². The van der Waals surface area contributed by atoms with E-state index in [1.54, 1.807) is 0 Å². The van der Waals surface area contributed by atoms with Gasteiger partial charge in [-0.1, -0.05) is 34.1 Å². The van der Waals surface area contributed by atoms with Crippen molar-refractivity contribution in [3.05, 3.63) is 57.6 Å². The number of nitrogens with two attached hydrogens (primary N) is 1. The van der Waals surface area contributed by atoms with Crippen molar-refractivity contribution in [1.29, 1.82) is 0 Å². The lowest BCUT2D eigenvalue weighted by Crippen LogP contribution is -1.97. The summed E-state index contributed by atoms with van der Waals surface area (Å²) in [5.74, 6) is 0.778. The van der Waals surface area contributed by atoms with Gasteiger partial charge in [-0.2, -0.15) is 0 Å². The SMILES string of the molecule is Cc1ccc(COc2cc(N)cc(Br)c2)cc1C. The Kier molecular flexibility index (Phi) is 3.92. The van der Waals surface area contributed by atoms with Crippen LogP contribution in [0.5, 0.6) is 5.75 Å². The summed E-state index contributed by atoms with van der Waals surface area (Å²) in [4.78, 5) is 0. The van der Waals surface area contributed by atoms with Crippen molar-refractivity contribution >= 4 is 21.6 Å². The smallest absolute Gasteiger partial charge is 0.122 e. The standard InChI is InChI=1S/C15H16BrNO/c1-10-3-4-12(5-11(10)2)9-18-15-7-13(16)6-14(17)8-15/h3-8H,9,17H2,1-2H3. The predicted octanol–water partition coefficient (Wildman–Crippen LogP) is 4.23. The van der Waals surface area contributed by atoms with Crippen molar-refractivity contribution in [3.8, 4) is 5.75 Å². The molecule has 0 bridgehead atoms. The van der Waals surface area contributed by atoms with Crippen LogP contribution in [-0.4, -0.2) is 0 Å². The quantitative estimate of drug-likeness (QED) is 0.861. The lowest BCUT2D eigenvalue weighted by Gasteiger charge is -2.09. The molecular formula is C15H16BrNO. The molecule has 2 nitrogen and oxygen atoms in total. The lowest BCUT2D eigenvalue weighted by atomic mass is 10.1. The van der Waals surface area contributed by atoms with Gasteiger partial charge in [0.1, 0.15) is 12.4 Å². The fourth-order valence-corrected chi connectivity index (χ4v) is 2.22. The number of hydrogen-bond donors (Lipinski definition) is 1. The number of hydrogen-bond acceptors (Lipinski definition) is 2. The van der Waals surface area contributed by atoms with Gasteiger partial charge >= 0.3 is 0 Å². The van der Waals surface area contributed by atoms with Crippen molar-refractivity contribution in [2.45, 2.75) is 20.5 Å². The first-order valence-electron chi connectivity index (χ1n) is 5.79. The second kappa shape index (κ2) is 5.44. The summed E-state index contributed by atoms with van der Waals surface area (Å²) in [6.07, 6.45) is 0. The maximum Gasteiger partial charge on any atom is 0.122 e. The van der Waals surface area contributed by atoms with Crippen molar-refractivity contribution in [2.75, 3.05) is 5.73 Å². The van der Waals surface area contributed by atoms with E-state index in [1.165, 1.54) is 11.1 Å². The summed E-state index contributed by atoms with van der Waals surface area (Å²) < 4.78 is 6.67. The molecule has 0 radical (unpaired) electrons. The Labute approximate surface area is 116 Å². The largest absolute Gasteiger partial charge is 0.489 e. The van der Waals surface area contributed by atoms with Gasteiger partial charge in [0.25, 0.3) is 0 Å². The zero-order valence-electron chi connectivity index (χ0n) is 10.5. The topological polar surface area (TPSA) is 35.2 Å². The molecule has 2 aromatic rings. The summed E-state index contributed by atoms with van der Waals surface area (Å²) >= 11 is 3.40. The highest BCUT2D eigenvalue weighted by Gasteiger charge is 2.00. The molecular weight excluding hydrogens is 290 g/mol. The normalized spacial score (nSPS) is 10.4. The van der Waals surface area contributed by atoms with E-state index in [0.29, 0.717) is 12.3 Å². The van der Waals surface area contributed by atoms with Crippen molar-refractivity contribution in [1.82, 2.24) is 0 Å². The average molecular weight is 306 g/mol. The van der Waals surface area contributed by atoms with Crippen LogP contribution in [0.4, 0.5) is 5.69 Å². The summed E-state index contributed by atoms with van der Waals surface area (Å²) in [7, 11) is 0. The van der Waals surface area contributed by atoms with E-state index in [9.17, 15) is 0 Å². The Bertz CT molecular complexity index is 546. The van der Waals surface area contributed by atoms with Crippen LogP contribution in [0.2, 0.25) is 0 Å². The average Bonchev–Trinajstić information content (AvgIpc) is 2.29. The summed E-state index contributed by atoms with van der Waals surface area (Å²) in [6, 6.07) is 11.9. The van der Waals surface area contributed by atoms with E-state index >= 15 is 0 Å². The fourth-order valence-electron chi connectivity index (χ4n) is 1.73. The monoisotopic (exact) mass is 305 g/mol. The van der Waals surface area contributed by atoms with Crippen LogP contribution in [0.1, 0.15) is 16.7 Å². The van der Waals surface area contributed by atoms with E-state index in [-0.39, 0.29) is 0 Å². The van der Waals surface area contributed by atoms with E-state index in [1.807, 2.05) is 18.2 Å². The number of benzene rings is 2. The fraction of sp³-hybridized carbons (Fsp3) is 0.200. The van der Waals surface area contributed by atoms with Crippen molar-refractivity contribution in [2.24, 2.45) is 0 Å². The minimum atomic E-state index is 0.553. The Balaban J connectivity index is 2.08. The van der Waals surface area contributed by atoms with Crippen LogP contribution in [0.25, 0.3) is 0 Å². The molecule has 0 aliphatic rings. The molecule has 0 atom stereocenters. The summed E-state index contributed by atoms with van der Waals surface area (Å²) in [5.41, 5.74) is 10.2. The molecule has 0 aliphatic carbocycles. The first-order valence-corrected chi connectivity index (χ1v) is 6.59. The summed E-state index contributed by atoms with van der Waals surface area (Å²) in [5, 5.41) is 0. The second-order valence-electron chi connectivity index (χ2n) is 4.43. The number of aryl methyl sites for hydroxylation is 2. The predicted molar refractivity (Wildman–Crippen MR) is 78.8 cm³/mol. The van der Waals surface area contributed by atoms with Crippen molar-refractivity contribution in [3.63, 3.8) is 0 Å². The van der Waals surface area contributed by atoms with Crippen LogP contribution in [0, 0.1) is 13.8 Å². The molecule has 0 unspecified atom stereocenters. The van der Waals surface area contributed by atoms with Crippen LogP contribution >= 0.6 is 15.9 Å². The van der Waals surface area contributed by atoms with Gasteiger partial charge in [-0.05, 0) is 42.7 Å². The van der Waals surface area contributed by atoms with E-state index in [2.05, 4.69) is 48.0 Å². The highest BCUT2D eigenvalue weighted by Crippen LogP contribution is 2.23. The Morgan fingerprint density at radius 3 is 2.50 bits per heavy atom. The number of anilines is 1. The molecule has 0 aliphatic heterocycles. The third-order valence-corrected chi connectivity index (χ3v) is 3.33. The van der Waals surface area contributed by atoms with Crippen LogP contribution < -0.4 is 10.5 Å². The van der Waals surface area contributed by atoms with Gasteiger partial charge in [-0.25, -0.2) is 0 Å². The maximum atomic E-state index is 5.76. The molecule has 2 aromatic carbocycles. The number of nitrogen functional groups attached to an aromatic ring is 1. The number of ether oxygens (including phenoxy) is 1. The second-order valence-corrected chi connectivity index (χ2v) is 5.34. The van der Waals surface area contributed by atoms with Crippen LogP contribution in [0.3, 0.4) is 0 Å². The molecule has 0 amide bonds. The molecule has 2 N–H and O–H groups in total. The molecule has 0 saturated heterocycles. The molecule has 94 valence electrons. The van der Waals surface area contributed by atoms with E-state index < -0.39 is 0 Å². The van der Waals surface area contributed by atoms with Gasteiger partial charge in [-0.15, -0.1) is 0 Å². The van der Waals surface area contributed by atoms with E-state index in [0.717, 1.165) is 15.8 Å². The highest BCUT2D eigenvalue weighted by molar-refractivity contribution is 9.10. The Morgan fingerprint density at radius 2 is 1.83 bits per heavy atom. The van der Waals surface area contributed by atoms with E-state index in [4.69, 9.17) is 10.5 Å². The Hall–Kier alpha value is -1.48. The van der Waals surface area contributed by atoms with Gasteiger partial charge in [0.05, 0.1) is 0 Å². The number of rotatable bonds is 3. The van der Waals surface area contributed by atoms with Gasteiger partial charge in [-0.3, -0.25) is 0 Å². The molecule has 0 saturated carbocycles. The van der Waals surface area contributed by atoms with Crippen LogP contribution in [-0.2, 0) is 6.61 Å². The first-order chi connectivity index (χ1) is 8.54. The first kappa shape index (κ1) is 13.0. The lowest BCUT2D eigenvalue weighted by molar-refractivity contribution is 0.306. The summed E-state index contributed by atoms with van der Waals surface area (Å²) in [6.45, 7) is 4.77. The third kappa shape index (κ3) is 3.26. The zero-order chi connectivity index (χ0) is 13.1. The molecule has 0 fully saturated rings. The highest BCUT2D eigenvalue weighted by atomic mass is 79.9. The number of halogens is 1. The van der Waals surface area contributed by atoms with Crippen molar-refractivity contribution < 1.29 is 4.74 Å². The molecule has 3 heteroatoms. The minimum Gasteiger partial charge on any atom is -0.489 e. The van der Waals surface area contributed by atoms with Gasteiger partial charge in [0, 0.05) is 16.2 Å². The van der Waals surface area contributed by atoms with Gasteiger partial charge < -0.3 is 10.5 Å². The maximum absolute atomic E-state index is 5.76. The molecule has 0 spiro atoms. The molecule has 0 heterocycles. The zero-order valence-corrected chi connectivity index (χ0v) is 12.1. The molecule has 18 heavy (non-hydrogen) atoms. The van der Waals surface area contributed by atoms with Gasteiger partial charge in [0.15, 0.2) is 0 Å². The molecule has 2 rings (SSSR count).